The van der Waals surface area contributed by atoms with Gasteiger partial charge in [0.1, 0.15) is 5.56 Å². The van der Waals surface area contributed by atoms with Crippen molar-refractivity contribution in [2.75, 3.05) is 13.1 Å². The first kappa shape index (κ1) is 17.5. The second-order valence-corrected chi connectivity index (χ2v) is 6.04. The number of aromatic amines is 1. The second kappa shape index (κ2) is 6.74. The molecule has 1 aromatic rings. The molecule has 2 rings (SSSR count). The maximum atomic E-state index is 12.8. The first-order chi connectivity index (χ1) is 10.7. The molecule has 1 saturated heterocycles. The van der Waals surface area contributed by atoms with Gasteiger partial charge in [0, 0.05) is 31.4 Å². The Kier molecular flexibility index (Phi) is 5.13. The lowest BCUT2D eigenvalue weighted by Gasteiger charge is -2.34. The van der Waals surface area contributed by atoms with Crippen LogP contribution < -0.4 is 10.9 Å². The number of piperidine rings is 1. The highest BCUT2D eigenvalue weighted by Crippen LogP contribution is 2.27. The smallest absolute Gasteiger partial charge is 0.337 e. The number of rotatable bonds is 3. The van der Waals surface area contributed by atoms with Crippen molar-refractivity contribution in [3.05, 3.63) is 33.7 Å². The molecule has 1 fully saturated rings. The molecule has 23 heavy (non-hydrogen) atoms. The van der Waals surface area contributed by atoms with Gasteiger partial charge in [-0.15, -0.1) is 0 Å². The van der Waals surface area contributed by atoms with Gasteiger partial charge in [0.25, 0.3) is 11.5 Å². The van der Waals surface area contributed by atoms with Gasteiger partial charge in [-0.3, -0.25) is 9.59 Å². The number of nitrogens with zero attached hydrogens (tertiary/aromatic N) is 1. The highest BCUT2D eigenvalue weighted by Gasteiger charge is 2.35. The van der Waals surface area contributed by atoms with Crippen LogP contribution in [0.2, 0.25) is 0 Å². The maximum absolute atomic E-state index is 12.8. The summed E-state index contributed by atoms with van der Waals surface area (Å²) in [6, 6.07) is 1.01. The van der Waals surface area contributed by atoms with E-state index in [2.05, 4.69) is 5.32 Å². The van der Waals surface area contributed by atoms with E-state index < -0.39 is 23.2 Å². The Bertz CT molecular complexity index is 625. The molecule has 0 aromatic carbocycles. The number of H-pyrrole nitrogens is 1. The molecule has 0 radical (unpaired) electrons. The van der Waals surface area contributed by atoms with E-state index in [1.807, 2.05) is 18.8 Å². The summed E-state index contributed by atoms with van der Waals surface area (Å²) in [4.78, 5) is 27.2. The number of halogens is 3. The Morgan fingerprint density at radius 2 is 2.13 bits per heavy atom. The van der Waals surface area contributed by atoms with Crippen LogP contribution in [0.4, 0.5) is 13.2 Å². The van der Waals surface area contributed by atoms with E-state index in [0.29, 0.717) is 19.2 Å². The quantitative estimate of drug-likeness (QED) is 0.890. The van der Waals surface area contributed by atoms with E-state index in [0.717, 1.165) is 19.0 Å². The van der Waals surface area contributed by atoms with Gasteiger partial charge in [-0.1, -0.05) is 13.8 Å². The van der Waals surface area contributed by atoms with Crippen LogP contribution in [-0.2, 0) is 6.18 Å². The van der Waals surface area contributed by atoms with Crippen molar-refractivity contribution in [3.63, 3.8) is 0 Å². The molecule has 5 nitrogen and oxygen atoms in total. The molecular formula is C15H20F3N3O2. The average Bonchev–Trinajstić information content (AvgIpc) is 2.45. The first-order valence-corrected chi connectivity index (χ1v) is 7.53. The van der Waals surface area contributed by atoms with Crippen molar-refractivity contribution in [2.45, 2.75) is 44.9 Å². The largest absolute Gasteiger partial charge is 0.421 e. The molecule has 0 bridgehead atoms. The summed E-state index contributed by atoms with van der Waals surface area (Å²) in [6.45, 7) is 4.93. The topological polar surface area (TPSA) is 65.2 Å². The normalized spacial score (nSPS) is 19.2. The van der Waals surface area contributed by atoms with Gasteiger partial charge >= 0.3 is 6.18 Å². The fourth-order valence-electron chi connectivity index (χ4n) is 2.77. The summed E-state index contributed by atoms with van der Waals surface area (Å²) in [7, 11) is 0. The van der Waals surface area contributed by atoms with Gasteiger partial charge in [-0.2, -0.15) is 13.2 Å². The van der Waals surface area contributed by atoms with Crippen molar-refractivity contribution < 1.29 is 18.0 Å². The molecule has 0 spiro atoms. The number of likely N-dealkylation sites (tertiary alicyclic amines) is 1. The second-order valence-electron chi connectivity index (χ2n) is 6.04. The zero-order chi connectivity index (χ0) is 17.2. The Morgan fingerprint density at radius 1 is 1.43 bits per heavy atom. The third-order valence-electron chi connectivity index (χ3n) is 3.73. The number of nitrogens with one attached hydrogen (secondary N) is 2. The van der Waals surface area contributed by atoms with Crippen LogP contribution in [0, 0.1) is 0 Å². The van der Waals surface area contributed by atoms with Crippen molar-refractivity contribution in [2.24, 2.45) is 0 Å². The minimum atomic E-state index is -4.78. The fraction of sp³-hybridized carbons (Fsp3) is 0.600. The van der Waals surface area contributed by atoms with E-state index >= 15 is 0 Å². The van der Waals surface area contributed by atoms with Gasteiger partial charge in [-0.05, 0) is 18.9 Å². The summed E-state index contributed by atoms with van der Waals surface area (Å²) in [5, 5.41) is 3.33. The molecule has 1 atom stereocenters. The van der Waals surface area contributed by atoms with Crippen LogP contribution in [0.15, 0.2) is 17.1 Å². The Labute approximate surface area is 131 Å². The third kappa shape index (κ3) is 4.34. The van der Waals surface area contributed by atoms with Crippen LogP contribution in [0.25, 0.3) is 0 Å². The SMILES string of the molecule is CC(C)NC1CCCN(C(=O)c2c[nH]c(=O)c(C(F)(F)F)c2)C1. The predicted molar refractivity (Wildman–Crippen MR) is 79.3 cm³/mol. The molecule has 1 unspecified atom stereocenters. The van der Waals surface area contributed by atoms with Crippen LogP contribution in [0.3, 0.4) is 0 Å². The van der Waals surface area contributed by atoms with Gasteiger partial charge in [-0.25, -0.2) is 0 Å². The van der Waals surface area contributed by atoms with E-state index in [4.69, 9.17) is 0 Å². The van der Waals surface area contributed by atoms with Crippen LogP contribution in [0.1, 0.15) is 42.6 Å². The summed E-state index contributed by atoms with van der Waals surface area (Å²) in [5.74, 6) is -0.498. The molecule has 8 heteroatoms. The van der Waals surface area contributed by atoms with Crippen molar-refractivity contribution in [1.29, 1.82) is 0 Å². The predicted octanol–water partition coefficient (Wildman–Crippen LogP) is 2.00. The monoisotopic (exact) mass is 331 g/mol. The van der Waals surface area contributed by atoms with Crippen LogP contribution in [0.5, 0.6) is 0 Å². The minimum absolute atomic E-state index is 0.123. The highest BCUT2D eigenvalue weighted by molar-refractivity contribution is 5.94. The Morgan fingerprint density at radius 3 is 2.74 bits per heavy atom. The number of hydrogen-bond donors (Lipinski definition) is 2. The number of carbonyl (C=O) groups is 1. The zero-order valence-electron chi connectivity index (χ0n) is 13.0. The highest BCUT2D eigenvalue weighted by atomic mass is 19.4. The van der Waals surface area contributed by atoms with Crippen molar-refractivity contribution >= 4 is 5.91 Å². The van der Waals surface area contributed by atoms with E-state index in [1.165, 1.54) is 4.90 Å². The average molecular weight is 331 g/mol. The van der Waals surface area contributed by atoms with Crippen molar-refractivity contribution in [1.82, 2.24) is 15.2 Å². The minimum Gasteiger partial charge on any atom is -0.337 e. The lowest BCUT2D eigenvalue weighted by Crippen LogP contribution is -2.49. The fourth-order valence-corrected chi connectivity index (χ4v) is 2.77. The standard InChI is InChI=1S/C15H20F3N3O2/c1-9(2)20-11-4-3-5-21(8-11)14(23)10-6-12(15(16,17)18)13(22)19-7-10/h6-7,9,11,20H,3-5,8H2,1-2H3,(H,19,22). The molecule has 0 saturated carbocycles. The molecule has 1 amide bonds. The molecule has 1 aliphatic rings. The maximum Gasteiger partial charge on any atom is 0.421 e. The van der Waals surface area contributed by atoms with Gasteiger partial charge in [0.2, 0.25) is 0 Å². The number of hydrogen-bond acceptors (Lipinski definition) is 3. The molecule has 1 aromatic heterocycles. The summed E-state index contributed by atoms with van der Waals surface area (Å²) in [6.07, 6.45) is -2.04. The number of carbonyl (C=O) groups excluding carboxylic acids is 1. The Balaban J connectivity index is 2.18. The van der Waals surface area contributed by atoms with E-state index in [1.54, 1.807) is 0 Å². The van der Waals surface area contributed by atoms with Crippen LogP contribution >= 0.6 is 0 Å². The molecule has 0 aliphatic carbocycles. The molecule has 1 aliphatic heterocycles. The molecular weight excluding hydrogens is 311 g/mol. The van der Waals surface area contributed by atoms with E-state index in [-0.39, 0.29) is 17.6 Å². The number of pyridine rings is 1. The summed E-state index contributed by atoms with van der Waals surface area (Å²) < 4.78 is 38.4. The van der Waals surface area contributed by atoms with Gasteiger partial charge in [0.15, 0.2) is 0 Å². The first-order valence-electron chi connectivity index (χ1n) is 7.53. The zero-order valence-corrected chi connectivity index (χ0v) is 13.0. The lowest BCUT2D eigenvalue weighted by atomic mass is 10.0. The van der Waals surface area contributed by atoms with Gasteiger partial charge < -0.3 is 15.2 Å². The van der Waals surface area contributed by atoms with Gasteiger partial charge in [0.05, 0.1) is 5.56 Å². The molecule has 2 N–H and O–H groups in total. The number of amides is 1. The van der Waals surface area contributed by atoms with Crippen molar-refractivity contribution in [3.8, 4) is 0 Å². The summed E-state index contributed by atoms with van der Waals surface area (Å²) >= 11 is 0. The third-order valence-corrected chi connectivity index (χ3v) is 3.73. The number of aromatic nitrogens is 1. The molecule has 128 valence electrons. The van der Waals surface area contributed by atoms with E-state index in [9.17, 15) is 22.8 Å². The Hall–Kier alpha value is -1.83. The van der Waals surface area contributed by atoms with Crippen LogP contribution in [-0.4, -0.2) is 41.0 Å². The number of alkyl halides is 3. The molecule has 2 heterocycles. The summed E-state index contributed by atoms with van der Waals surface area (Å²) in [5.41, 5.74) is -2.74. The lowest BCUT2D eigenvalue weighted by molar-refractivity contribution is -0.138.